The van der Waals surface area contributed by atoms with Gasteiger partial charge in [0, 0.05) is 5.56 Å². The summed E-state index contributed by atoms with van der Waals surface area (Å²) in [4.78, 5) is 0. The molecule has 0 radical (unpaired) electrons. The summed E-state index contributed by atoms with van der Waals surface area (Å²) in [6.07, 6.45) is 21.0. The van der Waals surface area contributed by atoms with Crippen LogP contribution in [-0.4, -0.2) is 6.61 Å². The van der Waals surface area contributed by atoms with Gasteiger partial charge in [-0.3, -0.25) is 0 Å². The van der Waals surface area contributed by atoms with Crippen molar-refractivity contribution >= 4 is 0 Å². The van der Waals surface area contributed by atoms with E-state index in [0.29, 0.717) is 18.1 Å². The van der Waals surface area contributed by atoms with Crippen molar-refractivity contribution < 1.29 is 13.5 Å². The minimum absolute atomic E-state index is 0.0304. The van der Waals surface area contributed by atoms with Crippen LogP contribution in [0.5, 0.6) is 5.75 Å². The Bertz CT molecular complexity index is 964. The molecule has 2 aromatic rings. The van der Waals surface area contributed by atoms with Gasteiger partial charge in [-0.25, -0.2) is 4.39 Å². The fourth-order valence-electron chi connectivity index (χ4n) is 6.44. The van der Waals surface area contributed by atoms with Crippen LogP contribution in [0.15, 0.2) is 48.6 Å². The summed E-state index contributed by atoms with van der Waals surface area (Å²) < 4.78 is 34.0. The molecule has 196 valence electrons. The summed E-state index contributed by atoms with van der Waals surface area (Å²) in [5.74, 6) is 1.44. The molecule has 0 atom stereocenters. The average molecular weight is 495 g/mol. The highest BCUT2D eigenvalue weighted by molar-refractivity contribution is 5.65. The van der Waals surface area contributed by atoms with Crippen LogP contribution in [0.4, 0.5) is 8.78 Å². The van der Waals surface area contributed by atoms with Crippen LogP contribution >= 0.6 is 0 Å². The molecule has 0 aromatic heterocycles. The normalized spacial score (nSPS) is 24.8. The summed E-state index contributed by atoms with van der Waals surface area (Å²) >= 11 is 0. The molecule has 0 heterocycles. The highest BCUT2D eigenvalue weighted by Crippen LogP contribution is 2.39. The molecule has 0 spiro atoms. The standard InChI is InChI=1S/C33H44F2O/c1-3-7-24-10-12-25(13-11-24)8-5-6-9-26-14-16-27(17-15-26)28-18-20-29(21-19-28)30-22-23-31(36-4-2)33(35)32(30)34/h5,8,18-27H,3-4,6-7,9-17H2,1-2H3/b8-5+. The number of ether oxygens (including phenoxy) is 1. The van der Waals surface area contributed by atoms with Crippen LogP contribution in [0.2, 0.25) is 0 Å². The molecule has 0 amide bonds. The molecule has 3 heteroatoms. The quantitative estimate of drug-likeness (QED) is 0.299. The molecule has 2 aromatic carbocycles. The Balaban J connectivity index is 1.21. The molecule has 0 bridgehead atoms. The smallest absolute Gasteiger partial charge is 0.201 e. The first kappa shape index (κ1) is 26.9. The third-order valence-electron chi connectivity index (χ3n) is 8.62. The summed E-state index contributed by atoms with van der Waals surface area (Å²) in [5, 5.41) is 0. The van der Waals surface area contributed by atoms with Crippen molar-refractivity contribution in [1.29, 1.82) is 0 Å². The molecule has 1 nitrogen and oxygen atoms in total. The van der Waals surface area contributed by atoms with Crippen molar-refractivity contribution in [2.75, 3.05) is 6.61 Å². The second-order valence-corrected chi connectivity index (χ2v) is 11.1. The van der Waals surface area contributed by atoms with Crippen molar-refractivity contribution in [2.45, 2.75) is 96.8 Å². The van der Waals surface area contributed by atoms with Gasteiger partial charge < -0.3 is 4.74 Å². The predicted octanol–water partition coefficient (Wildman–Crippen LogP) is 10.2. The van der Waals surface area contributed by atoms with Gasteiger partial charge in [0.25, 0.3) is 0 Å². The maximum absolute atomic E-state index is 14.6. The van der Waals surface area contributed by atoms with E-state index in [2.05, 4.69) is 31.2 Å². The van der Waals surface area contributed by atoms with Crippen molar-refractivity contribution in [2.24, 2.45) is 17.8 Å². The first-order chi connectivity index (χ1) is 17.6. The van der Waals surface area contributed by atoms with Crippen LogP contribution in [0, 0.1) is 29.4 Å². The fourth-order valence-corrected chi connectivity index (χ4v) is 6.44. The van der Waals surface area contributed by atoms with Gasteiger partial charge in [0.15, 0.2) is 11.6 Å². The van der Waals surface area contributed by atoms with Crippen molar-refractivity contribution in [3.8, 4) is 16.9 Å². The van der Waals surface area contributed by atoms with Crippen LogP contribution in [-0.2, 0) is 0 Å². The van der Waals surface area contributed by atoms with E-state index < -0.39 is 11.6 Å². The van der Waals surface area contributed by atoms with Crippen LogP contribution < -0.4 is 4.74 Å². The molecule has 4 rings (SSSR count). The molecule has 36 heavy (non-hydrogen) atoms. The zero-order valence-corrected chi connectivity index (χ0v) is 22.3. The fraction of sp³-hybridized carbons (Fsp3) is 0.576. The van der Waals surface area contributed by atoms with Crippen molar-refractivity contribution in [1.82, 2.24) is 0 Å². The van der Waals surface area contributed by atoms with Gasteiger partial charge in [-0.05, 0) is 118 Å². The van der Waals surface area contributed by atoms with Gasteiger partial charge in [0.2, 0.25) is 5.82 Å². The molecule has 0 saturated heterocycles. The zero-order valence-electron chi connectivity index (χ0n) is 22.3. The third kappa shape index (κ3) is 6.99. The minimum atomic E-state index is -0.911. The Morgan fingerprint density at radius 2 is 1.44 bits per heavy atom. The van der Waals surface area contributed by atoms with Gasteiger partial charge >= 0.3 is 0 Å². The number of allylic oxidation sites excluding steroid dienone is 2. The molecule has 2 fully saturated rings. The zero-order chi connectivity index (χ0) is 25.3. The molecule has 0 N–H and O–H groups in total. The highest BCUT2D eigenvalue weighted by atomic mass is 19.2. The Morgan fingerprint density at radius 3 is 2.11 bits per heavy atom. The van der Waals surface area contributed by atoms with Gasteiger partial charge in [-0.1, -0.05) is 56.2 Å². The van der Waals surface area contributed by atoms with E-state index in [1.165, 1.54) is 88.7 Å². The lowest BCUT2D eigenvalue weighted by atomic mass is 9.77. The topological polar surface area (TPSA) is 9.23 Å². The van der Waals surface area contributed by atoms with E-state index in [0.717, 1.165) is 17.8 Å². The number of halogens is 2. The predicted molar refractivity (Wildman–Crippen MR) is 146 cm³/mol. The van der Waals surface area contributed by atoms with Crippen LogP contribution in [0.3, 0.4) is 0 Å². The Labute approximate surface area is 217 Å². The summed E-state index contributed by atoms with van der Waals surface area (Å²) in [5.41, 5.74) is 2.31. The lowest BCUT2D eigenvalue weighted by molar-refractivity contribution is 0.293. The Kier molecular flexibility index (Phi) is 10.0. The van der Waals surface area contributed by atoms with Gasteiger partial charge in [0.1, 0.15) is 0 Å². The number of hydrogen-bond acceptors (Lipinski definition) is 1. The van der Waals surface area contributed by atoms with Gasteiger partial charge in [0.05, 0.1) is 6.61 Å². The summed E-state index contributed by atoms with van der Waals surface area (Å²) in [6.45, 7) is 4.38. The van der Waals surface area contributed by atoms with E-state index in [9.17, 15) is 8.78 Å². The molecule has 2 aliphatic rings. The Morgan fingerprint density at radius 1 is 0.778 bits per heavy atom. The molecular weight excluding hydrogens is 450 g/mol. The highest BCUT2D eigenvalue weighted by Gasteiger charge is 2.23. The van der Waals surface area contributed by atoms with Crippen molar-refractivity contribution in [3.63, 3.8) is 0 Å². The molecule has 0 aliphatic heterocycles. The van der Waals surface area contributed by atoms with Crippen LogP contribution in [0.25, 0.3) is 11.1 Å². The molecule has 2 aliphatic carbocycles. The van der Waals surface area contributed by atoms with E-state index in [1.807, 2.05) is 12.1 Å². The lowest BCUT2D eigenvalue weighted by Gasteiger charge is -2.29. The first-order valence-electron chi connectivity index (χ1n) is 14.5. The second kappa shape index (κ2) is 13.4. The number of hydrogen-bond donors (Lipinski definition) is 0. The third-order valence-corrected chi connectivity index (χ3v) is 8.62. The maximum atomic E-state index is 14.6. The van der Waals surface area contributed by atoms with E-state index in [1.54, 1.807) is 13.0 Å². The lowest BCUT2D eigenvalue weighted by Crippen LogP contribution is -2.13. The number of benzene rings is 2. The second-order valence-electron chi connectivity index (χ2n) is 11.1. The largest absolute Gasteiger partial charge is 0.491 e. The summed E-state index contributed by atoms with van der Waals surface area (Å²) in [6, 6.07) is 11.2. The van der Waals surface area contributed by atoms with E-state index in [4.69, 9.17) is 4.74 Å². The van der Waals surface area contributed by atoms with Crippen molar-refractivity contribution in [3.05, 3.63) is 65.7 Å². The summed E-state index contributed by atoms with van der Waals surface area (Å²) in [7, 11) is 0. The van der Waals surface area contributed by atoms with Gasteiger partial charge in [-0.2, -0.15) is 4.39 Å². The SMILES string of the molecule is CCCC1CCC(/C=C/CCC2CCC(c3ccc(-c4ccc(OCC)c(F)c4F)cc3)CC2)CC1. The minimum Gasteiger partial charge on any atom is -0.491 e. The first-order valence-corrected chi connectivity index (χ1v) is 14.5. The van der Waals surface area contributed by atoms with E-state index >= 15 is 0 Å². The van der Waals surface area contributed by atoms with E-state index in [-0.39, 0.29) is 11.3 Å². The number of rotatable bonds is 10. The molecule has 0 unspecified atom stereocenters. The maximum Gasteiger partial charge on any atom is 0.201 e. The molecule has 2 saturated carbocycles. The van der Waals surface area contributed by atoms with Crippen LogP contribution in [0.1, 0.15) is 102 Å². The monoisotopic (exact) mass is 494 g/mol. The average Bonchev–Trinajstić information content (AvgIpc) is 2.91. The Hall–Kier alpha value is -2.16. The van der Waals surface area contributed by atoms with Gasteiger partial charge in [-0.15, -0.1) is 0 Å². The molecular formula is C33H44F2O.